The van der Waals surface area contributed by atoms with E-state index in [4.69, 9.17) is 5.73 Å². The van der Waals surface area contributed by atoms with Crippen LogP contribution in [0.4, 0.5) is 0 Å². The Morgan fingerprint density at radius 1 is 1.22 bits per heavy atom. The molecule has 0 atom stereocenters. The maximum atomic E-state index is 5.92. The monoisotopic (exact) mass is 149 g/mol. The van der Waals surface area contributed by atoms with Gasteiger partial charge in [0.2, 0.25) is 0 Å². The summed E-state index contributed by atoms with van der Waals surface area (Å²) in [7, 11) is 0. The molecule has 0 aromatic rings. The third-order valence-electron chi connectivity index (χ3n) is 2.28. The Hall–Kier alpha value is 0.250. The summed E-state index contributed by atoms with van der Waals surface area (Å²) in [4.78, 5) is 0. The molecule has 0 radical (unpaired) electrons. The van der Waals surface area contributed by atoms with Crippen LogP contribution >= 0.6 is 12.4 Å². The number of nitrogens with two attached hydrogens (primary N) is 1. The highest BCUT2D eigenvalue weighted by Gasteiger charge is 2.48. The van der Waals surface area contributed by atoms with Crippen molar-refractivity contribution in [2.24, 2.45) is 11.1 Å². The molecule has 0 aliphatic heterocycles. The van der Waals surface area contributed by atoms with E-state index in [-0.39, 0.29) is 17.9 Å². The lowest BCUT2D eigenvalue weighted by molar-refractivity contribution is 0.301. The molecule has 0 unspecified atom stereocenters. The Morgan fingerprint density at radius 3 is 1.56 bits per heavy atom. The average Bonchev–Trinajstić information content (AvgIpc) is 2.16. The molecule has 1 nitrogen and oxygen atoms in total. The van der Waals surface area contributed by atoms with Gasteiger partial charge in [-0.05, 0) is 18.3 Å². The van der Waals surface area contributed by atoms with Crippen LogP contribution in [0.2, 0.25) is 0 Å². The van der Waals surface area contributed by atoms with Gasteiger partial charge in [-0.3, -0.25) is 0 Å². The topological polar surface area (TPSA) is 26.0 Å². The Bertz CT molecular complexity index is 96.7. The van der Waals surface area contributed by atoms with E-state index in [1.54, 1.807) is 0 Å². The van der Waals surface area contributed by atoms with E-state index in [9.17, 15) is 0 Å². The lowest BCUT2D eigenvalue weighted by Gasteiger charge is -2.26. The number of halogens is 1. The van der Waals surface area contributed by atoms with Crippen LogP contribution in [0.15, 0.2) is 0 Å². The molecule has 1 aliphatic rings. The zero-order valence-corrected chi connectivity index (χ0v) is 7.22. The summed E-state index contributed by atoms with van der Waals surface area (Å²) in [5, 5.41) is 0. The predicted octanol–water partition coefficient (Wildman–Crippen LogP) is 1.95. The van der Waals surface area contributed by atoms with Crippen LogP contribution in [0.25, 0.3) is 0 Å². The molecule has 1 rings (SSSR count). The van der Waals surface area contributed by atoms with Crippen LogP contribution in [0.1, 0.15) is 33.6 Å². The third-order valence-corrected chi connectivity index (χ3v) is 2.28. The molecule has 0 saturated heterocycles. The van der Waals surface area contributed by atoms with Crippen LogP contribution in [-0.4, -0.2) is 5.54 Å². The quantitative estimate of drug-likeness (QED) is 0.560. The van der Waals surface area contributed by atoms with Crippen molar-refractivity contribution in [3.63, 3.8) is 0 Å². The highest BCUT2D eigenvalue weighted by molar-refractivity contribution is 5.85. The summed E-state index contributed by atoms with van der Waals surface area (Å²) in [6, 6.07) is 0. The minimum Gasteiger partial charge on any atom is -0.325 e. The van der Waals surface area contributed by atoms with E-state index in [1.807, 2.05) is 0 Å². The maximum absolute atomic E-state index is 5.92. The van der Waals surface area contributed by atoms with Crippen molar-refractivity contribution in [1.29, 1.82) is 0 Å². The molecule has 0 aromatic carbocycles. The first-order valence-electron chi connectivity index (χ1n) is 3.25. The normalized spacial score (nSPS) is 22.7. The second-order valence-electron chi connectivity index (χ2n) is 3.91. The molecule has 2 heteroatoms. The van der Waals surface area contributed by atoms with Crippen molar-refractivity contribution in [1.82, 2.24) is 0 Å². The first kappa shape index (κ1) is 9.25. The van der Waals surface area contributed by atoms with E-state index in [0.29, 0.717) is 5.41 Å². The molecule has 1 fully saturated rings. The van der Waals surface area contributed by atoms with Crippen LogP contribution in [-0.2, 0) is 0 Å². The van der Waals surface area contributed by atoms with Crippen LogP contribution in [0.5, 0.6) is 0 Å². The van der Waals surface area contributed by atoms with E-state index in [2.05, 4.69) is 20.8 Å². The minimum absolute atomic E-state index is 0. The summed E-state index contributed by atoms with van der Waals surface area (Å²) in [5.41, 5.74) is 6.44. The molecule has 0 spiro atoms. The Kier molecular flexibility index (Phi) is 2.19. The van der Waals surface area contributed by atoms with Gasteiger partial charge in [0.1, 0.15) is 0 Å². The van der Waals surface area contributed by atoms with Gasteiger partial charge in [0.25, 0.3) is 0 Å². The zero-order chi connectivity index (χ0) is 6.41. The van der Waals surface area contributed by atoms with Gasteiger partial charge in [-0.1, -0.05) is 20.8 Å². The zero-order valence-electron chi connectivity index (χ0n) is 6.40. The molecular weight excluding hydrogens is 134 g/mol. The molecule has 0 heterocycles. The van der Waals surface area contributed by atoms with E-state index in [0.717, 1.165) is 0 Å². The van der Waals surface area contributed by atoms with Crippen molar-refractivity contribution in [2.75, 3.05) is 0 Å². The van der Waals surface area contributed by atoms with Gasteiger partial charge in [-0.2, -0.15) is 0 Å². The van der Waals surface area contributed by atoms with Gasteiger partial charge in [0.15, 0.2) is 0 Å². The third kappa shape index (κ3) is 1.59. The maximum Gasteiger partial charge on any atom is 0.0204 e. The van der Waals surface area contributed by atoms with Crippen molar-refractivity contribution < 1.29 is 0 Å². The molecule has 1 aliphatic carbocycles. The number of hydrogen-bond donors (Lipinski definition) is 1. The standard InChI is InChI=1S/C7H15N.ClH/c1-6(2,3)7(8)4-5-7;/h4-5,8H2,1-3H3;1H. The van der Waals surface area contributed by atoms with E-state index >= 15 is 0 Å². The fraction of sp³-hybridized carbons (Fsp3) is 1.00. The van der Waals surface area contributed by atoms with Gasteiger partial charge >= 0.3 is 0 Å². The Morgan fingerprint density at radius 2 is 1.56 bits per heavy atom. The minimum atomic E-state index is 0. The van der Waals surface area contributed by atoms with Crippen LogP contribution in [0.3, 0.4) is 0 Å². The van der Waals surface area contributed by atoms with Crippen LogP contribution < -0.4 is 5.73 Å². The lowest BCUT2D eigenvalue weighted by Crippen LogP contribution is -2.37. The average molecular weight is 150 g/mol. The summed E-state index contributed by atoms with van der Waals surface area (Å²) >= 11 is 0. The van der Waals surface area contributed by atoms with Gasteiger partial charge in [0.05, 0.1) is 0 Å². The molecule has 0 amide bonds. The molecule has 0 aromatic heterocycles. The summed E-state index contributed by atoms with van der Waals surface area (Å²) in [6.45, 7) is 6.62. The van der Waals surface area contributed by atoms with E-state index in [1.165, 1.54) is 12.8 Å². The highest BCUT2D eigenvalue weighted by Crippen LogP contribution is 2.46. The molecule has 2 N–H and O–H groups in total. The number of hydrogen-bond acceptors (Lipinski definition) is 1. The smallest absolute Gasteiger partial charge is 0.0204 e. The largest absolute Gasteiger partial charge is 0.325 e. The van der Waals surface area contributed by atoms with Gasteiger partial charge in [-0.25, -0.2) is 0 Å². The van der Waals surface area contributed by atoms with Crippen LogP contribution in [0, 0.1) is 5.41 Å². The summed E-state index contributed by atoms with van der Waals surface area (Å²) in [5.74, 6) is 0. The van der Waals surface area contributed by atoms with Crippen molar-refractivity contribution in [3.8, 4) is 0 Å². The second-order valence-corrected chi connectivity index (χ2v) is 3.91. The fourth-order valence-corrected chi connectivity index (χ4v) is 0.885. The highest BCUT2D eigenvalue weighted by atomic mass is 35.5. The molecular formula is C7H16ClN. The summed E-state index contributed by atoms with van der Waals surface area (Å²) < 4.78 is 0. The second kappa shape index (κ2) is 2.14. The number of rotatable bonds is 0. The molecule has 0 bridgehead atoms. The molecule has 56 valence electrons. The molecule has 9 heavy (non-hydrogen) atoms. The van der Waals surface area contributed by atoms with Crippen molar-refractivity contribution >= 4 is 12.4 Å². The fourth-order valence-electron chi connectivity index (χ4n) is 0.885. The Balaban J connectivity index is 0.000000640. The predicted molar refractivity (Wildman–Crippen MR) is 42.9 cm³/mol. The lowest BCUT2D eigenvalue weighted by atomic mass is 9.85. The SMILES string of the molecule is CC(C)(C)C1(N)CC1.Cl. The van der Waals surface area contributed by atoms with Crippen molar-refractivity contribution in [3.05, 3.63) is 0 Å². The van der Waals surface area contributed by atoms with Gasteiger partial charge in [0, 0.05) is 5.54 Å². The van der Waals surface area contributed by atoms with Crippen molar-refractivity contribution in [2.45, 2.75) is 39.2 Å². The van der Waals surface area contributed by atoms with Gasteiger partial charge < -0.3 is 5.73 Å². The first-order chi connectivity index (χ1) is 3.46. The first-order valence-corrected chi connectivity index (χ1v) is 3.25. The molecule has 1 saturated carbocycles. The van der Waals surface area contributed by atoms with Gasteiger partial charge in [-0.15, -0.1) is 12.4 Å². The van der Waals surface area contributed by atoms with E-state index < -0.39 is 0 Å². The Labute approximate surface area is 63.4 Å². The summed E-state index contributed by atoms with van der Waals surface area (Å²) in [6.07, 6.45) is 2.44.